The topological polar surface area (TPSA) is 46.8 Å². The molecule has 4 aromatic rings. The first-order chi connectivity index (χ1) is 14.6. The van der Waals surface area contributed by atoms with Gasteiger partial charge in [0, 0.05) is 50.9 Å². The van der Waals surface area contributed by atoms with E-state index in [1.165, 1.54) is 28.4 Å². The van der Waals surface area contributed by atoms with E-state index in [-0.39, 0.29) is 5.91 Å². The summed E-state index contributed by atoms with van der Waals surface area (Å²) in [6, 6.07) is 22.3. The molecule has 5 rings (SSSR count). The fraction of sp³-hybridized carbons (Fsp3) is 0.167. The molecule has 5 nitrogen and oxygen atoms in total. The van der Waals surface area contributed by atoms with Crippen LogP contribution in [0.15, 0.2) is 76.3 Å². The minimum absolute atomic E-state index is 0.166. The Morgan fingerprint density at radius 2 is 1.83 bits per heavy atom. The number of aromatic nitrogens is 1. The molecule has 0 N–H and O–H groups in total. The fourth-order valence-electron chi connectivity index (χ4n) is 4.09. The van der Waals surface area contributed by atoms with Crippen LogP contribution in [0, 0.1) is 0 Å². The molecular formula is C24H20BrN3O2. The van der Waals surface area contributed by atoms with E-state index in [1.54, 1.807) is 0 Å². The SMILES string of the molecule is CCn1c2ccccc2c2cc(C3OC(c4cccc(Br)c4)=NN3C(C)=O)ccc21. The van der Waals surface area contributed by atoms with E-state index in [2.05, 4.69) is 68.9 Å². The van der Waals surface area contributed by atoms with E-state index < -0.39 is 6.23 Å². The molecule has 0 saturated carbocycles. The molecule has 1 amide bonds. The minimum atomic E-state index is -0.593. The molecule has 1 aliphatic rings. The van der Waals surface area contributed by atoms with Crippen LogP contribution in [0.3, 0.4) is 0 Å². The molecule has 6 heteroatoms. The van der Waals surface area contributed by atoms with Gasteiger partial charge in [-0.1, -0.05) is 46.3 Å². The standard InChI is InChI=1S/C24H20BrN3O2/c1-3-27-21-10-5-4-9-19(21)20-14-17(11-12-22(20)27)24-28(15(2)29)26-23(30-24)16-7-6-8-18(25)13-16/h4-14,24H,3H2,1-2H3. The number of carbonyl (C=O) groups is 1. The molecule has 1 unspecified atom stereocenters. The predicted molar refractivity (Wildman–Crippen MR) is 122 cm³/mol. The van der Waals surface area contributed by atoms with E-state index in [9.17, 15) is 4.79 Å². The third-order valence-electron chi connectivity index (χ3n) is 5.44. The van der Waals surface area contributed by atoms with Gasteiger partial charge in [-0.25, -0.2) is 0 Å². The zero-order valence-electron chi connectivity index (χ0n) is 16.7. The van der Waals surface area contributed by atoms with Crippen LogP contribution < -0.4 is 0 Å². The molecule has 0 spiro atoms. The first-order valence-electron chi connectivity index (χ1n) is 9.88. The molecule has 0 aliphatic carbocycles. The lowest BCUT2D eigenvalue weighted by Gasteiger charge is -2.19. The summed E-state index contributed by atoms with van der Waals surface area (Å²) >= 11 is 3.48. The van der Waals surface area contributed by atoms with Crippen LogP contribution in [0.25, 0.3) is 21.8 Å². The highest BCUT2D eigenvalue weighted by Crippen LogP contribution is 2.35. The zero-order chi connectivity index (χ0) is 20.8. The summed E-state index contributed by atoms with van der Waals surface area (Å²) in [4.78, 5) is 12.3. The average molecular weight is 462 g/mol. The summed E-state index contributed by atoms with van der Waals surface area (Å²) in [5.41, 5.74) is 4.09. The Kier molecular flexibility index (Phi) is 4.59. The molecule has 1 aliphatic heterocycles. The summed E-state index contributed by atoms with van der Waals surface area (Å²) in [7, 11) is 0. The lowest BCUT2D eigenvalue weighted by atomic mass is 10.1. The number of fused-ring (bicyclic) bond motifs is 3. The summed E-state index contributed by atoms with van der Waals surface area (Å²) in [5.74, 6) is 0.272. The van der Waals surface area contributed by atoms with Gasteiger partial charge in [-0.3, -0.25) is 4.79 Å². The van der Waals surface area contributed by atoms with E-state index >= 15 is 0 Å². The smallest absolute Gasteiger partial charge is 0.243 e. The number of hydrogen-bond donors (Lipinski definition) is 0. The van der Waals surface area contributed by atoms with Gasteiger partial charge < -0.3 is 9.30 Å². The second-order valence-electron chi connectivity index (χ2n) is 7.29. The van der Waals surface area contributed by atoms with Gasteiger partial charge in [0.1, 0.15) is 0 Å². The van der Waals surface area contributed by atoms with Crippen LogP contribution >= 0.6 is 15.9 Å². The Hall–Kier alpha value is -3.12. The number of rotatable bonds is 3. The molecule has 0 saturated heterocycles. The van der Waals surface area contributed by atoms with E-state index in [0.717, 1.165) is 27.5 Å². The Morgan fingerprint density at radius 1 is 1.03 bits per heavy atom. The van der Waals surface area contributed by atoms with Crippen molar-refractivity contribution in [2.24, 2.45) is 5.10 Å². The van der Waals surface area contributed by atoms with Crippen LogP contribution in [0.2, 0.25) is 0 Å². The van der Waals surface area contributed by atoms with Gasteiger partial charge in [0.15, 0.2) is 0 Å². The lowest BCUT2D eigenvalue weighted by molar-refractivity contribution is -0.135. The monoisotopic (exact) mass is 461 g/mol. The maximum Gasteiger partial charge on any atom is 0.243 e. The molecule has 0 bridgehead atoms. The third kappa shape index (κ3) is 2.99. The first-order valence-corrected chi connectivity index (χ1v) is 10.7. The van der Waals surface area contributed by atoms with E-state index in [1.807, 2.05) is 30.3 Å². The van der Waals surface area contributed by atoms with Crippen molar-refractivity contribution in [3.63, 3.8) is 0 Å². The molecular weight excluding hydrogens is 442 g/mol. The minimum Gasteiger partial charge on any atom is -0.446 e. The number of hydrazone groups is 1. The molecule has 1 aromatic heterocycles. The van der Waals surface area contributed by atoms with E-state index in [0.29, 0.717) is 5.90 Å². The maximum absolute atomic E-state index is 12.3. The number of hydrogen-bond acceptors (Lipinski definition) is 3. The highest BCUT2D eigenvalue weighted by Gasteiger charge is 2.33. The van der Waals surface area contributed by atoms with Crippen LogP contribution in [0.5, 0.6) is 0 Å². The van der Waals surface area contributed by atoms with Crippen molar-refractivity contribution < 1.29 is 9.53 Å². The van der Waals surface area contributed by atoms with Crippen molar-refractivity contribution in [3.8, 4) is 0 Å². The number of carbonyl (C=O) groups excluding carboxylic acids is 1. The Bertz CT molecular complexity index is 1320. The quantitative estimate of drug-likeness (QED) is 0.386. The van der Waals surface area contributed by atoms with Gasteiger partial charge in [-0.2, -0.15) is 5.01 Å². The third-order valence-corrected chi connectivity index (χ3v) is 5.93. The van der Waals surface area contributed by atoms with Gasteiger partial charge in [0.05, 0.1) is 0 Å². The number of amides is 1. The Labute approximate surface area is 182 Å². The maximum atomic E-state index is 12.3. The van der Waals surface area contributed by atoms with Gasteiger partial charge in [-0.05, 0) is 43.3 Å². The molecule has 3 aromatic carbocycles. The van der Waals surface area contributed by atoms with Crippen LogP contribution in [0.1, 0.15) is 31.2 Å². The van der Waals surface area contributed by atoms with Crippen LogP contribution in [0.4, 0.5) is 0 Å². The van der Waals surface area contributed by atoms with Crippen molar-refractivity contribution in [2.75, 3.05) is 0 Å². The van der Waals surface area contributed by atoms with Crippen molar-refractivity contribution in [3.05, 3.63) is 82.3 Å². The largest absolute Gasteiger partial charge is 0.446 e. The lowest BCUT2D eigenvalue weighted by Crippen LogP contribution is -2.25. The molecule has 0 radical (unpaired) electrons. The van der Waals surface area contributed by atoms with Crippen LogP contribution in [-0.4, -0.2) is 21.4 Å². The first kappa shape index (κ1) is 18.9. The number of benzene rings is 3. The van der Waals surface area contributed by atoms with Crippen molar-refractivity contribution in [1.29, 1.82) is 0 Å². The Morgan fingerprint density at radius 3 is 2.60 bits per heavy atom. The molecule has 30 heavy (non-hydrogen) atoms. The second kappa shape index (κ2) is 7.29. The number of aryl methyl sites for hydroxylation is 1. The fourth-order valence-corrected chi connectivity index (χ4v) is 4.49. The summed E-state index contributed by atoms with van der Waals surface area (Å²) < 4.78 is 9.41. The molecule has 1 atom stereocenters. The number of ether oxygens (including phenoxy) is 1. The van der Waals surface area contributed by atoms with Gasteiger partial charge in [0.2, 0.25) is 18.0 Å². The van der Waals surface area contributed by atoms with E-state index in [4.69, 9.17) is 4.74 Å². The Balaban J connectivity index is 1.61. The van der Waals surface area contributed by atoms with Gasteiger partial charge in [0.25, 0.3) is 0 Å². The van der Waals surface area contributed by atoms with Crippen LogP contribution in [-0.2, 0) is 16.1 Å². The summed E-state index contributed by atoms with van der Waals surface area (Å²) in [6.07, 6.45) is -0.593. The summed E-state index contributed by atoms with van der Waals surface area (Å²) in [5, 5.41) is 8.22. The second-order valence-corrected chi connectivity index (χ2v) is 8.20. The molecule has 0 fully saturated rings. The number of para-hydroxylation sites is 1. The predicted octanol–water partition coefficient (Wildman–Crippen LogP) is 5.82. The number of halogens is 1. The summed E-state index contributed by atoms with van der Waals surface area (Å²) in [6.45, 7) is 4.54. The normalized spacial score (nSPS) is 16.2. The highest BCUT2D eigenvalue weighted by molar-refractivity contribution is 9.10. The van der Waals surface area contributed by atoms with Crippen molar-refractivity contribution in [1.82, 2.24) is 9.58 Å². The zero-order valence-corrected chi connectivity index (χ0v) is 18.3. The average Bonchev–Trinajstić information content (AvgIpc) is 3.33. The number of nitrogens with zero attached hydrogens (tertiary/aromatic N) is 3. The van der Waals surface area contributed by atoms with Gasteiger partial charge >= 0.3 is 0 Å². The molecule has 150 valence electrons. The van der Waals surface area contributed by atoms with Crippen molar-refractivity contribution in [2.45, 2.75) is 26.6 Å². The van der Waals surface area contributed by atoms with Crippen molar-refractivity contribution >= 4 is 49.5 Å². The van der Waals surface area contributed by atoms with Gasteiger partial charge in [-0.15, -0.1) is 5.10 Å². The molecule has 2 heterocycles. The highest BCUT2D eigenvalue weighted by atomic mass is 79.9.